The Morgan fingerprint density at radius 1 is 1.43 bits per heavy atom. The summed E-state index contributed by atoms with van der Waals surface area (Å²) in [7, 11) is 1.60. The van der Waals surface area contributed by atoms with Crippen molar-refractivity contribution >= 4 is 33.4 Å². The Labute approximate surface area is 134 Å². The third-order valence-corrected chi connectivity index (χ3v) is 4.62. The van der Waals surface area contributed by atoms with Crippen LogP contribution in [0.25, 0.3) is 0 Å². The van der Waals surface area contributed by atoms with Crippen molar-refractivity contribution in [1.82, 2.24) is 4.90 Å². The van der Waals surface area contributed by atoms with Gasteiger partial charge in [-0.05, 0) is 37.0 Å². The predicted octanol–water partition coefficient (Wildman–Crippen LogP) is 4.56. The fraction of sp³-hybridized carbons (Fsp3) is 0.500. The average Bonchev–Trinajstić information content (AvgIpc) is 2.35. The minimum Gasteiger partial charge on any atom is -0.341 e. The molecule has 2 rings (SSSR count). The second-order valence-electron chi connectivity index (χ2n) is 5.31. The first-order valence-electron chi connectivity index (χ1n) is 6.44. The molecule has 1 fully saturated rings. The lowest BCUT2D eigenvalue weighted by atomic mass is 9.84. The van der Waals surface area contributed by atoms with E-state index < -0.39 is 17.6 Å². The number of hydrogen-bond donors (Lipinski definition) is 0. The molecule has 0 bridgehead atoms. The average molecular weight is 385 g/mol. The van der Waals surface area contributed by atoms with Crippen LogP contribution in [0.4, 0.5) is 13.2 Å². The van der Waals surface area contributed by atoms with Gasteiger partial charge in [0.15, 0.2) is 0 Å². The highest BCUT2D eigenvalue weighted by Crippen LogP contribution is 2.36. The third kappa shape index (κ3) is 3.92. The summed E-state index contributed by atoms with van der Waals surface area (Å²) in [5.74, 6) is -0.0787. The number of carbonyl (C=O) groups is 1. The quantitative estimate of drug-likeness (QED) is 0.700. The zero-order chi connectivity index (χ0) is 15.8. The van der Waals surface area contributed by atoms with Gasteiger partial charge in [0.1, 0.15) is 0 Å². The van der Waals surface area contributed by atoms with E-state index in [1.54, 1.807) is 7.05 Å². The Morgan fingerprint density at radius 3 is 2.57 bits per heavy atom. The molecule has 116 valence electrons. The van der Waals surface area contributed by atoms with Gasteiger partial charge in [-0.2, -0.15) is 13.2 Å². The Balaban J connectivity index is 2.12. The summed E-state index contributed by atoms with van der Waals surface area (Å²) in [6, 6.07) is 3.53. The van der Waals surface area contributed by atoms with E-state index >= 15 is 0 Å². The normalized spacial score (nSPS) is 21.8. The van der Waals surface area contributed by atoms with Gasteiger partial charge in [-0.3, -0.25) is 4.79 Å². The molecule has 0 radical (unpaired) electrons. The van der Waals surface area contributed by atoms with Crippen LogP contribution in [-0.2, 0) is 6.18 Å². The molecule has 7 heteroatoms. The lowest BCUT2D eigenvalue weighted by Gasteiger charge is -2.34. The molecule has 0 aromatic heterocycles. The van der Waals surface area contributed by atoms with E-state index in [-0.39, 0.29) is 15.4 Å². The van der Waals surface area contributed by atoms with E-state index in [9.17, 15) is 18.0 Å². The fourth-order valence-corrected chi connectivity index (χ4v) is 3.34. The van der Waals surface area contributed by atoms with Crippen molar-refractivity contribution in [2.75, 3.05) is 13.6 Å². The summed E-state index contributed by atoms with van der Waals surface area (Å²) in [4.78, 5) is 13.7. The van der Waals surface area contributed by atoms with Gasteiger partial charge >= 0.3 is 6.18 Å². The molecule has 1 aliphatic carbocycles. The summed E-state index contributed by atoms with van der Waals surface area (Å²) in [6.07, 6.45) is -2.81. The maximum absolute atomic E-state index is 12.8. The van der Waals surface area contributed by atoms with Crippen LogP contribution >= 0.6 is 27.5 Å². The molecule has 1 saturated carbocycles. The summed E-state index contributed by atoms with van der Waals surface area (Å²) in [5, 5.41) is 0.156. The van der Waals surface area contributed by atoms with E-state index in [1.807, 2.05) is 0 Å². The zero-order valence-electron chi connectivity index (χ0n) is 11.3. The number of amides is 1. The first kappa shape index (κ1) is 16.6. The first-order valence-corrected chi connectivity index (χ1v) is 7.67. The number of nitrogens with zero attached hydrogens (tertiary/aromatic N) is 1. The molecule has 0 aliphatic heterocycles. The van der Waals surface area contributed by atoms with E-state index in [0.29, 0.717) is 12.5 Å². The van der Waals surface area contributed by atoms with Crippen molar-refractivity contribution < 1.29 is 18.0 Å². The molecule has 1 aromatic carbocycles. The van der Waals surface area contributed by atoms with E-state index in [0.717, 1.165) is 18.9 Å². The Kier molecular flexibility index (Phi) is 4.88. The fourth-order valence-electron chi connectivity index (χ4n) is 2.37. The molecule has 0 spiro atoms. The molecule has 1 aromatic rings. The number of alkyl halides is 4. The van der Waals surface area contributed by atoms with Crippen molar-refractivity contribution in [1.29, 1.82) is 0 Å². The summed E-state index contributed by atoms with van der Waals surface area (Å²) >= 11 is 8.74. The third-order valence-electron chi connectivity index (χ3n) is 3.58. The number of rotatable bonds is 3. The molecule has 0 heterocycles. The molecule has 21 heavy (non-hydrogen) atoms. The Morgan fingerprint density at radius 2 is 2.05 bits per heavy atom. The van der Waals surface area contributed by atoms with Gasteiger partial charge in [0.05, 0.1) is 5.56 Å². The highest BCUT2D eigenvalue weighted by Gasteiger charge is 2.34. The van der Waals surface area contributed by atoms with Gasteiger partial charge < -0.3 is 4.90 Å². The van der Waals surface area contributed by atoms with Gasteiger partial charge in [0.25, 0.3) is 5.91 Å². The second kappa shape index (κ2) is 6.16. The summed E-state index contributed by atoms with van der Waals surface area (Å²) in [5.41, 5.74) is -0.805. The number of hydrogen-bond acceptors (Lipinski definition) is 1. The molecule has 0 atom stereocenters. The summed E-state index contributed by atoms with van der Waals surface area (Å²) < 4.78 is 38.5. The molecule has 1 amide bonds. The minimum absolute atomic E-state index is 0.0368. The SMILES string of the molecule is CN(CC1CC(Cl)C1)C(=O)c1ccc(Br)c(C(F)(F)F)c1. The Bertz CT molecular complexity index is 544. The standard InChI is InChI=1S/C14H14BrClF3NO/c1-20(7-8-4-10(16)5-8)13(21)9-2-3-12(15)11(6-9)14(17,18)19/h2-3,6,8,10H,4-5,7H2,1H3. The molecular weight excluding hydrogens is 371 g/mol. The van der Waals surface area contributed by atoms with Crippen molar-refractivity contribution in [2.45, 2.75) is 24.4 Å². The predicted molar refractivity (Wildman–Crippen MR) is 78.5 cm³/mol. The zero-order valence-corrected chi connectivity index (χ0v) is 13.6. The van der Waals surface area contributed by atoms with Gasteiger partial charge in [-0.15, -0.1) is 11.6 Å². The van der Waals surface area contributed by atoms with Crippen LogP contribution in [0, 0.1) is 5.92 Å². The Hall–Kier alpha value is -0.750. The summed E-state index contributed by atoms with van der Waals surface area (Å²) in [6.45, 7) is 0.513. The lowest BCUT2D eigenvalue weighted by Crippen LogP contribution is -2.38. The molecule has 0 unspecified atom stereocenters. The number of carbonyl (C=O) groups excluding carboxylic acids is 1. The van der Waals surface area contributed by atoms with Gasteiger partial charge in [0, 0.05) is 29.0 Å². The molecular formula is C14H14BrClF3NO. The van der Waals surface area contributed by atoms with E-state index in [4.69, 9.17) is 11.6 Å². The number of halogens is 5. The smallest absolute Gasteiger partial charge is 0.341 e. The molecule has 1 aliphatic rings. The second-order valence-corrected chi connectivity index (χ2v) is 6.78. The van der Waals surface area contributed by atoms with Crippen molar-refractivity contribution in [3.05, 3.63) is 33.8 Å². The largest absolute Gasteiger partial charge is 0.417 e. The van der Waals surface area contributed by atoms with Gasteiger partial charge in [-0.25, -0.2) is 0 Å². The van der Waals surface area contributed by atoms with Crippen LogP contribution in [0.2, 0.25) is 0 Å². The first-order chi connectivity index (χ1) is 9.68. The van der Waals surface area contributed by atoms with E-state index in [2.05, 4.69) is 15.9 Å². The lowest BCUT2D eigenvalue weighted by molar-refractivity contribution is -0.138. The highest BCUT2D eigenvalue weighted by atomic mass is 79.9. The van der Waals surface area contributed by atoms with Crippen LogP contribution in [0.3, 0.4) is 0 Å². The van der Waals surface area contributed by atoms with Gasteiger partial charge in [0.2, 0.25) is 0 Å². The van der Waals surface area contributed by atoms with E-state index in [1.165, 1.54) is 17.0 Å². The van der Waals surface area contributed by atoms with Gasteiger partial charge in [-0.1, -0.05) is 15.9 Å². The van der Waals surface area contributed by atoms with Crippen LogP contribution < -0.4 is 0 Å². The maximum Gasteiger partial charge on any atom is 0.417 e. The topological polar surface area (TPSA) is 20.3 Å². The monoisotopic (exact) mass is 383 g/mol. The molecule has 0 saturated heterocycles. The van der Waals surface area contributed by atoms with Crippen molar-refractivity contribution in [3.63, 3.8) is 0 Å². The maximum atomic E-state index is 12.8. The van der Waals surface area contributed by atoms with Crippen molar-refractivity contribution in [3.8, 4) is 0 Å². The van der Waals surface area contributed by atoms with Crippen LogP contribution in [0.15, 0.2) is 22.7 Å². The molecule has 2 nitrogen and oxygen atoms in total. The highest BCUT2D eigenvalue weighted by molar-refractivity contribution is 9.10. The van der Waals surface area contributed by atoms with Crippen LogP contribution in [0.1, 0.15) is 28.8 Å². The molecule has 0 N–H and O–H groups in total. The van der Waals surface area contributed by atoms with Crippen LogP contribution in [0.5, 0.6) is 0 Å². The van der Waals surface area contributed by atoms with Crippen LogP contribution in [-0.4, -0.2) is 29.8 Å². The minimum atomic E-state index is -4.49. The van der Waals surface area contributed by atoms with Crippen molar-refractivity contribution in [2.24, 2.45) is 5.92 Å². The number of benzene rings is 1.